The summed E-state index contributed by atoms with van der Waals surface area (Å²) in [7, 11) is 0. The number of amides is 2. The number of rotatable bonds is 7. The predicted octanol–water partition coefficient (Wildman–Crippen LogP) is 6.13. The molecule has 1 aliphatic carbocycles. The van der Waals surface area contributed by atoms with Gasteiger partial charge in [-0.3, -0.25) is 14.5 Å². The zero-order valence-electron chi connectivity index (χ0n) is 18.9. The average Bonchev–Trinajstić information content (AvgIpc) is 3.58. The molecule has 1 aromatic heterocycles. The Morgan fingerprint density at radius 1 is 1.03 bits per heavy atom. The van der Waals surface area contributed by atoms with Crippen molar-refractivity contribution in [3.05, 3.63) is 95.6 Å². The van der Waals surface area contributed by atoms with E-state index in [1.165, 1.54) is 16.9 Å². The van der Waals surface area contributed by atoms with Crippen LogP contribution < -0.4 is 10.2 Å². The van der Waals surface area contributed by atoms with E-state index < -0.39 is 0 Å². The molecule has 5 rings (SSSR count). The minimum atomic E-state index is -0.182. The number of fused-ring (bicyclic) bond motifs is 1. The van der Waals surface area contributed by atoms with Crippen molar-refractivity contribution in [1.82, 2.24) is 10.3 Å². The molecule has 3 aromatic carbocycles. The zero-order valence-corrected chi connectivity index (χ0v) is 19.7. The number of hydrogen-bond donors (Lipinski definition) is 1. The highest BCUT2D eigenvalue weighted by Gasteiger charge is 2.23. The standard InChI is InChI=1S/C28H25N3O2S/c1-2-19-9-16-23(17-10-19)31(28-30-24-5-3-4-6-25(24)34-28)26(32)18-11-20-7-12-21(13-8-20)27(33)29-22-14-15-22/h3-13,16-18,22H,2,14-15H2,1H3,(H,29,33). The maximum absolute atomic E-state index is 13.4. The third-order valence-electron chi connectivity index (χ3n) is 5.80. The van der Waals surface area contributed by atoms with E-state index in [2.05, 4.69) is 12.2 Å². The molecule has 0 spiro atoms. The summed E-state index contributed by atoms with van der Waals surface area (Å²) >= 11 is 1.49. The van der Waals surface area contributed by atoms with Gasteiger partial charge in [-0.2, -0.15) is 0 Å². The average molecular weight is 468 g/mol. The van der Waals surface area contributed by atoms with Crippen LogP contribution in [-0.2, 0) is 11.2 Å². The van der Waals surface area contributed by atoms with Gasteiger partial charge in [0.15, 0.2) is 5.13 Å². The van der Waals surface area contributed by atoms with Gasteiger partial charge >= 0.3 is 0 Å². The second kappa shape index (κ2) is 9.61. The Labute approximate surface area is 202 Å². The Balaban J connectivity index is 1.40. The Morgan fingerprint density at radius 2 is 1.76 bits per heavy atom. The molecular weight excluding hydrogens is 442 g/mol. The molecule has 0 unspecified atom stereocenters. The van der Waals surface area contributed by atoms with Crippen LogP contribution >= 0.6 is 11.3 Å². The van der Waals surface area contributed by atoms with Gasteiger partial charge < -0.3 is 5.32 Å². The number of para-hydroxylation sites is 1. The van der Waals surface area contributed by atoms with Crippen LogP contribution in [0.2, 0.25) is 0 Å². The number of anilines is 2. The summed E-state index contributed by atoms with van der Waals surface area (Å²) < 4.78 is 1.03. The van der Waals surface area contributed by atoms with Crippen LogP contribution in [0.25, 0.3) is 16.3 Å². The van der Waals surface area contributed by atoms with Crippen molar-refractivity contribution in [2.24, 2.45) is 0 Å². The lowest BCUT2D eigenvalue weighted by Gasteiger charge is -2.18. The van der Waals surface area contributed by atoms with E-state index in [0.717, 1.165) is 40.7 Å². The molecule has 0 atom stereocenters. The summed E-state index contributed by atoms with van der Waals surface area (Å²) in [6.07, 6.45) is 6.37. The Morgan fingerprint density at radius 3 is 2.44 bits per heavy atom. The van der Waals surface area contributed by atoms with Crippen LogP contribution in [-0.4, -0.2) is 22.8 Å². The quantitative estimate of drug-likeness (QED) is 0.333. The van der Waals surface area contributed by atoms with E-state index in [0.29, 0.717) is 16.7 Å². The normalized spacial score (nSPS) is 13.3. The van der Waals surface area contributed by atoms with E-state index in [1.807, 2.05) is 60.7 Å². The van der Waals surface area contributed by atoms with Gasteiger partial charge in [0.1, 0.15) is 0 Å². The highest BCUT2D eigenvalue weighted by molar-refractivity contribution is 7.22. The molecule has 1 aliphatic rings. The van der Waals surface area contributed by atoms with Gasteiger partial charge in [0, 0.05) is 17.7 Å². The lowest BCUT2D eigenvalue weighted by Crippen LogP contribution is -2.25. The monoisotopic (exact) mass is 467 g/mol. The maximum Gasteiger partial charge on any atom is 0.257 e. The van der Waals surface area contributed by atoms with E-state index in [-0.39, 0.29) is 11.8 Å². The van der Waals surface area contributed by atoms with Crippen LogP contribution in [0, 0.1) is 0 Å². The van der Waals surface area contributed by atoms with Gasteiger partial charge in [0.25, 0.3) is 11.8 Å². The number of benzene rings is 3. The Kier molecular flexibility index (Phi) is 6.23. The van der Waals surface area contributed by atoms with Gasteiger partial charge in [-0.25, -0.2) is 4.98 Å². The van der Waals surface area contributed by atoms with Crippen molar-refractivity contribution in [2.45, 2.75) is 32.2 Å². The minimum Gasteiger partial charge on any atom is -0.349 e. The van der Waals surface area contributed by atoms with Crippen LogP contribution in [0.4, 0.5) is 10.8 Å². The highest BCUT2D eigenvalue weighted by atomic mass is 32.1. The summed E-state index contributed by atoms with van der Waals surface area (Å²) in [5.41, 5.74) is 4.33. The molecule has 1 heterocycles. The van der Waals surface area contributed by atoms with Gasteiger partial charge in [0.2, 0.25) is 0 Å². The van der Waals surface area contributed by atoms with Crippen molar-refractivity contribution in [3.8, 4) is 0 Å². The Bertz CT molecular complexity index is 1320. The largest absolute Gasteiger partial charge is 0.349 e. The third-order valence-corrected chi connectivity index (χ3v) is 6.82. The first kappa shape index (κ1) is 22.0. The lowest BCUT2D eigenvalue weighted by atomic mass is 10.1. The first-order valence-corrected chi connectivity index (χ1v) is 12.3. The summed E-state index contributed by atoms with van der Waals surface area (Å²) in [6.45, 7) is 2.11. The topological polar surface area (TPSA) is 62.3 Å². The molecule has 0 saturated heterocycles. The summed E-state index contributed by atoms with van der Waals surface area (Å²) in [5, 5.41) is 3.62. The van der Waals surface area contributed by atoms with Crippen molar-refractivity contribution < 1.29 is 9.59 Å². The van der Waals surface area contributed by atoms with Crippen LogP contribution in [0.5, 0.6) is 0 Å². The number of hydrogen-bond acceptors (Lipinski definition) is 4. The van der Waals surface area contributed by atoms with Crippen LogP contribution in [0.15, 0.2) is 78.9 Å². The smallest absolute Gasteiger partial charge is 0.257 e. The molecule has 2 amide bonds. The molecule has 4 aromatic rings. The Hall–Kier alpha value is -3.77. The molecule has 1 N–H and O–H groups in total. The van der Waals surface area contributed by atoms with E-state index in [1.54, 1.807) is 29.2 Å². The van der Waals surface area contributed by atoms with Crippen LogP contribution in [0.3, 0.4) is 0 Å². The fraction of sp³-hybridized carbons (Fsp3) is 0.179. The molecule has 0 bridgehead atoms. The first-order chi connectivity index (χ1) is 16.6. The molecule has 1 fully saturated rings. The van der Waals surface area contributed by atoms with Crippen molar-refractivity contribution >= 4 is 50.3 Å². The SMILES string of the molecule is CCc1ccc(N(C(=O)C=Cc2ccc(C(=O)NC3CC3)cc2)c2nc3ccccc3s2)cc1. The fourth-order valence-corrected chi connectivity index (χ4v) is 4.64. The molecule has 5 nitrogen and oxygen atoms in total. The molecule has 1 saturated carbocycles. The van der Waals surface area contributed by atoms with Gasteiger partial charge in [-0.15, -0.1) is 0 Å². The molecule has 170 valence electrons. The van der Waals surface area contributed by atoms with Gasteiger partial charge in [-0.05, 0) is 72.9 Å². The number of aryl methyl sites for hydroxylation is 1. The van der Waals surface area contributed by atoms with Crippen LogP contribution in [0.1, 0.15) is 41.3 Å². The predicted molar refractivity (Wildman–Crippen MR) is 139 cm³/mol. The second-order valence-electron chi connectivity index (χ2n) is 8.36. The lowest BCUT2D eigenvalue weighted by molar-refractivity contribution is -0.113. The van der Waals surface area contributed by atoms with Gasteiger partial charge in [-0.1, -0.05) is 54.7 Å². The van der Waals surface area contributed by atoms with Gasteiger partial charge in [0.05, 0.1) is 15.9 Å². The number of thiazole rings is 1. The number of carbonyl (C=O) groups is 2. The maximum atomic E-state index is 13.4. The number of nitrogens with one attached hydrogen (secondary N) is 1. The minimum absolute atomic E-state index is 0.0494. The molecule has 0 radical (unpaired) electrons. The molecule has 34 heavy (non-hydrogen) atoms. The summed E-state index contributed by atoms with van der Waals surface area (Å²) in [4.78, 5) is 32.0. The number of nitrogens with zero attached hydrogens (tertiary/aromatic N) is 2. The van der Waals surface area contributed by atoms with E-state index in [9.17, 15) is 9.59 Å². The molecule has 6 heteroatoms. The van der Waals surface area contributed by atoms with E-state index in [4.69, 9.17) is 4.98 Å². The molecular formula is C28H25N3O2S. The number of carbonyl (C=O) groups excluding carboxylic acids is 2. The first-order valence-electron chi connectivity index (χ1n) is 11.5. The molecule has 0 aliphatic heterocycles. The fourth-order valence-electron chi connectivity index (χ4n) is 3.65. The summed E-state index contributed by atoms with van der Waals surface area (Å²) in [6, 6.07) is 23.5. The number of aromatic nitrogens is 1. The van der Waals surface area contributed by atoms with Crippen molar-refractivity contribution in [3.63, 3.8) is 0 Å². The zero-order chi connectivity index (χ0) is 23.5. The summed E-state index contributed by atoms with van der Waals surface area (Å²) in [5.74, 6) is -0.231. The van der Waals surface area contributed by atoms with E-state index >= 15 is 0 Å². The van der Waals surface area contributed by atoms with Crippen molar-refractivity contribution in [2.75, 3.05) is 4.90 Å². The highest BCUT2D eigenvalue weighted by Crippen LogP contribution is 2.34. The van der Waals surface area contributed by atoms with Crippen molar-refractivity contribution in [1.29, 1.82) is 0 Å². The third kappa shape index (κ3) is 4.92. The second-order valence-corrected chi connectivity index (χ2v) is 9.37.